The average Bonchev–Trinajstić information content (AvgIpc) is 3.10. The van der Waals surface area contributed by atoms with Crippen LogP contribution in [0, 0.1) is 5.82 Å². The maximum atomic E-state index is 13.6. The van der Waals surface area contributed by atoms with Gasteiger partial charge in [-0.05, 0) is 43.3 Å². The minimum absolute atomic E-state index is 0.131. The molecule has 3 rings (SSSR count). The van der Waals surface area contributed by atoms with E-state index in [1.165, 1.54) is 25.1 Å². The number of carbonyl (C=O) groups is 2. The second-order valence-electron chi connectivity index (χ2n) is 5.64. The molecule has 140 valence electrons. The number of carbonyl (C=O) groups excluding carboxylic acids is 2. The van der Waals surface area contributed by atoms with Crippen LogP contribution in [-0.2, 0) is 14.3 Å². The quantitative estimate of drug-likeness (QED) is 0.569. The summed E-state index contributed by atoms with van der Waals surface area (Å²) >= 11 is 3.23. The van der Waals surface area contributed by atoms with E-state index >= 15 is 0 Å². The molecule has 2 aromatic rings. The van der Waals surface area contributed by atoms with E-state index in [-0.39, 0.29) is 12.4 Å². The number of benzene rings is 2. The second-order valence-corrected chi connectivity index (χ2v) is 6.55. The van der Waals surface area contributed by atoms with Crippen molar-refractivity contribution in [3.63, 3.8) is 0 Å². The summed E-state index contributed by atoms with van der Waals surface area (Å²) in [5.74, 6) is -0.628. The van der Waals surface area contributed by atoms with Gasteiger partial charge in [-0.1, -0.05) is 15.9 Å². The van der Waals surface area contributed by atoms with Crippen LogP contribution in [0.2, 0.25) is 0 Å². The van der Waals surface area contributed by atoms with E-state index in [0.717, 1.165) is 6.08 Å². The lowest BCUT2D eigenvalue weighted by molar-refractivity contribution is -0.148. The summed E-state index contributed by atoms with van der Waals surface area (Å²) in [4.78, 5) is 24.0. The van der Waals surface area contributed by atoms with E-state index in [1.54, 1.807) is 24.3 Å². The van der Waals surface area contributed by atoms with Crippen molar-refractivity contribution in [2.24, 2.45) is 0 Å². The largest absolute Gasteiger partial charge is 0.454 e. The number of hydrogen-bond donors (Lipinski definition) is 1. The van der Waals surface area contributed by atoms with Crippen LogP contribution in [0.3, 0.4) is 0 Å². The van der Waals surface area contributed by atoms with Crippen LogP contribution in [-0.4, -0.2) is 24.8 Å². The van der Waals surface area contributed by atoms with E-state index in [1.807, 2.05) is 0 Å². The van der Waals surface area contributed by atoms with Crippen LogP contribution in [0.25, 0.3) is 6.08 Å². The van der Waals surface area contributed by atoms with Crippen molar-refractivity contribution in [3.8, 4) is 11.5 Å². The summed E-state index contributed by atoms with van der Waals surface area (Å²) in [7, 11) is 0. The molecular weight excluding hydrogens is 421 g/mol. The van der Waals surface area contributed by atoms with Crippen molar-refractivity contribution in [1.29, 1.82) is 0 Å². The summed E-state index contributed by atoms with van der Waals surface area (Å²) in [5.41, 5.74) is 0.706. The van der Waals surface area contributed by atoms with E-state index in [0.29, 0.717) is 21.7 Å². The summed E-state index contributed by atoms with van der Waals surface area (Å²) in [6, 6.07) is 9.28. The number of esters is 1. The summed E-state index contributed by atoms with van der Waals surface area (Å²) in [6.07, 6.45) is 1.31. The SMILES string of the molecule is C[C@@H](OC(=O)/C=C/c1cc(Br)ccc1F)C(=O)Nc1ccc2c(c1)OCO2. The van der Waals surface area contributed by atoms with Gasteiger partial charge < -0.3 is 19.5 Å². The highest BCUT2D eigenvalue weighted by Gasteiger charge is 2.19. The second kappa shape index (κ2) is 8.22. The van der Waals surface area contributed by atoms with E-state index < -0.39 is 23.8 Å². The zero-order chi connectivity index (χ0) is 19.4. The van der Waals surface area contributed by atoms with Gasteiger partial charge in [-0.25, -0.2) is 9.18 Å². The number of amides is 1. The first-order chi connectivity index (χ1) is 12.9. The highest BCUT2D eigenvalue weighted by atomic mass is 79.9. The van der Waals surface area contributed by atoms with Crippen LogP contribution in [0.1, 0.15) is 12.5 Å². The van der Waals surface area contributed by atoms with Gasteiger partial charge in [0.05, 0.1) is 0 Å². The van der Waals surface area contributed by atoms with Crippen molar-refractivity contribution in [2.45, 2.75) is 13.0 Å². The molecule has 2 aromatic carbocycles. The lowest BCUT2D eigenvalue weighted by Crippen LogP contribution is -2.29. The Hall–Kier alpha value is -2.87. The Morgan fingerprint density at radius 1 is 1.22 bits per heavy atom. The van der Waals surface area contributed by atoms with Gasteiger partial charge in [0.15, 0.2) is 17.6 Å². The molecule has 6 nitrogen and oxygen atoms in total. The molecule has 0 fully saturated rings. The molecule has 1 atom stereocenters. The van der Waals surface area contributed by atoms with Crippen molar-refractivity contribution >= 4 is 39.6 Å². The van der Waals surface area contributed by atoms with E-state index in [9.17, 15) is 14.0 Å². The highest BCUT2D eigenvalue weighted by Crippen LogP contribution is 2.34. The predicted octanol–water partition coefficient (Wildman–Crippen LogP) is 3.90. The normalized spacial score (nSPS) is 13.4. The van der Waals surface area contributed by atoms with Crippen molar-refractivity contribution < 1.29 is 28.2 Å². The van der Waals surface area contributed by atoms with Crippen LogP contribution in [0.15, 0.2) is 46.9 Å². The Bertz CT molecular complexity index is 915. The Morgan fingerprint density at radius 3 is 2.81 bits per heavy atom. The lowest BCUT2D eigenvalue weighted by atomic mass is 10.2. The van der Waals surface area contributed by atoms with Crippen LogP contribution in [0.5, 0.6) is 11.5 Å². The molecule has 1 aliphatic rings. The monoisotopic (exact) mass is 435 g/mol. The fourth-order valence-corrected chi connectivity index (χ4v) is 2.66. The minimum Gasteiger partial charge on any atom is -0.454 e. The van der Waals surface area contributed by atoms with E-state index in [2.05, 4.69) is 21.2 Å². The number of hydrogen-bond acceptors (Lipinski definition) is 5. The zero-order valence-corrected chi connectivity index (χ0v) is 15.8. The van der Waals surface area contributed by atoms with Gasteiger partial charge in [-0.15, -0.1) is 0 Å². The Kier molecular flexibility index (Phi) is 5.75. The van der Waals surface area contributed by atoms with Crippen molar-refractivity contribution in [2.75, 3.05) is 12.1 Å². The van der Waals surface area contributed by atoms with Crippen molar-refractivity contribution in [3.05, 3.63) is 58.3 Å². The Morgan fingerprint density at radius 2 is 2.00 bits per heavy atom. The first kappa shape index (κ1) is 18.9. The standard InChI is InChI=1S/C19H15BrFNO5/c1-11(19(24)22-14-4-6-16-17(9-14)26-10-25-16)27-18(23)7-2-12-8-13(20)3-5-15(12)21/h2-9,11H,10H2,1H3,(H,22,24)/b7-2+/t11-/m1/s1. The third-order valence-electron chi connectivity index (χ3n) is 3.66. The molecule has 8 heteroatoms. The van der Waals surface area contributed by atoms with Gasteiger partial charge in [-0.3, -0.25) is 4.79 Å². The molecule has 27 heavy (non-hydrogen) atoms. The molecule has 0 aliphatic carbocycles. The molecule has 0 bridgehead atoms. The molecule has 1 aliphatic heterocycles. The molecule has 1 N–H and O–H groups in total. The van der Waals surface area contributed by atoms with Gasteiger partial charge >= 0.3 is 5.97 Å². The fourth-order valence-electron chi connectivity index (χ4n) is 2.29. The number of fused-ring (bicyclic) bond motifs is 1. The minimum atomic E-state index is -1.04. The molecule has 0 aromatic heterocycles. The number of anilines is 1. The zero-order valence-electron chi connectivity index (χ0n) is 14.2. The third-order valence-corrected chi connectivity index (χ3v) is 4.15. The maximum Gasteiger partial charge on any atom is 0.331 e. The van der Waals surface area contributed by atoms with Crippen LogP contribution < -0.4 is 14.8 Å². The molecule has 0 spiro atoms. The smallest absolute Gasteiger partial charge is 0.331 e. The maximum absolute atomic E-state index is 13.6. The third kappa shape index (κ3) is 4.85. The van der Waals surface area contributed by atoms with Gasteiger partial charge in [0, 0.05) is 27.9 Å². The molecule has 0 radical (unpaired) electrons. The first-order valence-electron chi connectivity index (χ1n) is 7.96. The van der Waals surface area contributed by atoms with Gasteiger partial charge in [-0.2, -0.15) is 0 Å². The molecule has 0 saturated heterocycles. The van der Waals surface area contributed by atoms with Crippen molar-refractivity contribution in [1.82, 2.24) is 0 Å². The van der Waals surface area contributed by atoms with Gasteiger partial charge in [0.25, 0.3) is 5.91 Å². The lowest BCUT2D eigenvalue weighted by Gasteiger charge is -2.12. The molecule has 1 amide bonds. The predicted molar refractivity (Wildman–Crippen MR) is 99.9 cm³/mol. The summed E-state index contributed by atoms with van der Waals surface area (Å²) in [6.45, 7) is 1.57. The Balaban J connectivity index is 1.56. The molecule has 1 heterocycles. The topological polar surface area (TPSA) is 73.9 Å². The highest BCUT2D eigenvalue weighted by molar-refractivity contribution is 9.10. The Labute approximate surface area is 163 Å². The number of rotatable bonds is 5. The average molecular weight is 436 g/mol. The van der Waals surface area contributed by atoms with E-state index in [4.69, 9.17) is 14.2 Å². The fraction of sp³-hybridized carbons (Fsp3) is 0.158. The van der Waals surface area contributed by atoms with Gasteiger partial charge in [0.2, 0.25) is 6.79 Å². The summed E-state index contributed by atoms with van der Waals surface area (Å²) in [5, 5.41) is 2.63. The first-order valence-corrected chi connectivity index (χ1v) is 8.76. The number of nitrogens with one attached hydrogen (secondary N) is 1. The molecule has 0 unspecified atom stereocenters. The van der Waals surface area contributed by atoms with Crippen LogP contribution in [0.4, 0.5) is 10.1 Å². The van der Waals surface area contributed by atoms with Gasteiger partial charge in [0.1, 0.15) is 5.82 Å². The molecule has 0 saturated carbocycles. The van der Waals surface area contributed by atoms with Crippen LogP contribution >= 0.6 is 15.9 Å². The number of ether oxygens (including phenoxy) is 3. The molecular formula is C19H15BrFNO5. The summed E-state index contributed by atoms with van der Waals surface area (Å²) < 4.78 is 29.8. The number of halogens is 2.